The third-order valence-corrected chi connectivity index (χ3v) is 5.75. The van der Waals surface area contributed by atoms with E-state index in [-0.39, 0.29) is 11.7 Å². The predicted octanol–water partition coefficient (Wildman–Crippen LogP) is 3.49. The summed E-state index contributed by atoms with van der Waals surface area (Å²) in [6.45, 7) is 2.45. The van der Waals surface area contributed by atoms with Crippen LogP contribution in [-0.2, 0) is 10.0 Å². The molecule has 0 aliphatic heterocycles. The molecule has 0 bridgehead atoms. The van der Waals surface area contributed by atoms with Crippen molar-refractivity contribution in [3.05, 3.63) is 65.3 Å². The molecule has 0 fully saturated rings. The van der Waals surface area contributed by atoms with Crippen molar-refractivity contribution < 1.29 is 13.2 Å². The molecular weight excluding hydrogens is 412 g/mol. The second-order valence-corrected chi connectivity index (χ2v) is 8.74. The van der Waals surface area contributed by atoms with Crippen molar-refractivity contribution in [1.29, 1.82) is 0 Å². The van der Waals surface area contributed by atoms with Gasteiger partial charge in [-0.3, -0.25) is 14.5 Å². The van der Waals surface area contributed by atoms with Crippen LogP contribution in [0.25, 0.3) is 10.9 Å². The van der Waals surface area contributed by atoms with Gasteiger partial charge in [-0.1, -0.05) is 17.7 Å². The number of anilines is 2. The molecule has 3 rings (SSSR count). The van der Waals surface area contributed by atoms with Crippen molar-refractivity contribution in [2.75, 3.05) is 28.9 Å². The molecule has 0 radical (unpaired) electrons. The molecule has 0 saturated carbocycles. The molecule has 7 nitrogen and oxygen atoms in total. The number of aromatic nitrogens is 1. The Morgan fingerprint density at radius 2 is 1.93 bits per heavy atom. The number of sulfonamides is 1. The Labute approximate surface area is 174 Å². The molecule has 2 aromatic carbocycles. The monoisotopic (exact) mass is 432 g/mol. The number of benzene rings is 2. The highest BCUT2D eigenvalue weighted by atomic mass is 35.5. The maximum atomic E-state index is 12.4. The Morgan fingerprint density at radius 1 is 1.10 bits per heavy atom. The lowest BCUT2D eigenvalue weighted by atomic mass is 10.2. The molecule has 0 atom stereocenters. The van der Waals surface area contributed by atoms with Gasteiger partial charge in [-0.15, -0.1) is 0 Å². The number of fused-ring (bicyclic) bond motifs is 1. The Hall–Kier alpha value is -2.84. The fourth-order valence-electron chi connectivity index (χ4n) is 2.73. The molecule has 9 heteroatoms. The van der Waals surface area contributed by atoms with E-state index < -0.39 is 10.0 Å². The molecule has 29 heavy (non-hydrogen) atoms. The number of halogens is 1. The number of pyridine rings is 1. The highest BCUT2D eigenvalue weighted by molar-refractivity contribution is 7.92. The van der Waals surface area contributed by atoms with Gasteiger partial charge >= 0.3 is 0 Å². The standard InChI is InChI=1S/C20H21ClN4O3S/c1-2-29(27,28)25-16-5-3-4-14(12-16)20(26)24-11-10-23-18-8-9-22-19-13-15(21)6-7-17(18)19/h3-9,12-13,25H,2,10-11H2,1H3,(H,22,23)(H,24,26). The summed E-state index contributed by atoms with van der Waals surface area (Å²) in [5.41, 5.74) is 2.43. The van der Waals surface area contributed by atoms with Gasteiger partial charge in [0.2, 0.25) is 10.0 Å². The number of carbonyl (C=O) groups excluding carboxylic acids is 1. The van der Waals surface area contributed by atoms with E-state index in [1.165, 1.54) is 6.07 Å². The van der Waals surface area contributed by atoms with Gasteiger partial charge in [0.1, 0.15) is 0 Å². The Kier molecular flexibility index (Phi) is 6.56. The van der Waals surface area contributed by atoms with Crippen molar-refractivity contribution in [1.82, 2.24) is 10.3 Å². The smallest absolute Gasteiger partial charge is 0.251 e. The number of amides is 1. The minimum absolute atomic E-state index is 0.0367. The zero-order valence-corrected chi connectivity index (χ0v) is 17.3. The minimum Gasteiger partial charge on any atom is -0.383 e. The fourth-order valence-corrected chi connectivity index (χ4v) is 3.52. The summed E-state index contributed by atoms with van der Waals surface area (Å²) < 4.78 is 25.8. The van der Waals surface area contributed by atoms with E-state index in [1.807, 2.05) is 12.1 Å². The van der Waals surface area contributed by atoms with Gasteiger partial charge < -0.3 is 10.6 Å². The summed E-state index contributed by atoms with van der Waals surface area (Å²) in [5, 5.41) is 7.66. The lowest BCUT2D eigenvalue weighted by Gasteiger charge is -2.11. The summed E-state index contributed by atoms with van der Waals surface area (Å²) in [4.78, 5) is 16.6. The van der Waals surface area contributed by atoms with Crippen LogP contribution in [0, 0.1) is 0 Å². The van der Waals surface area contributed by atoms with E-state index in [1.54, 1.807) is 43.5 Å². The number of rotatable bonds is 8. The average molecular weight is 433 g/mol. The summed E-state index contributed by atoms with van der Waals surface area (Å²) in [6.07, 6.45) is 1.70. The van der Waals surface area contributed by atoms with Crippen molar-refractivity contribution in [3.8, 4) is 0 Å². The van der Waals surface area contributed by atoms with Gasteiger partial charge in [-0.05, 0) is 49.4 Å². The zero-order valence-electron chi connectivity index (χ0n) is 15.8. The predicted molar refractivity (Wildman–Crippen MR) is 117 cm³/mol. The van der Waals surface area contributed by atoms with Crippen LogP contribution >= 0.6 is 11.6 Å². The van der Waals surface area contributed by atoms with E-state index >= 15 is 0 Å². The molecule has 1 aromatic heterocycles. The van der Waals surface area contributed by atoms with E-state index in [4.69, 9.17) is 11.6 Å². The van der Waals surface area contributed by atoms with Crippen LogP contribution in [0.4, 0.5) is 11.4 Å². The van der Waals surface area contributed by atoms with Gasteiger partial charge in [0.05, 0.1) is 11.3 Å². The van der Waals surface area contributed by atoms with Crippen LogP contribution in [0.15, 0.2) is 54.7 Å². The summed E-state index contributed by atoms with van der Waals surface area (Å²) in [6, 6.07) is 13.7. The first kappa shape index (κ1) is 20.9. The fraction of sp³-hybridized carbons (Fsp3) is 0.200. The number of hydrogen-bond donors (Lipinski definition) is 3. The average Bonchev–Trinajstić information content (AvgIpc) is 2.70. The van der Waals surface area contributed by atoms with E-state index in [2.05, 4.69) is 20.3 Å². The highest BCUT2D eigenvalue weighted by Crippen LogP contribution is 2.24. The Bertz CT molecular complexity index is 1140. The van der Waals surface area contributed by atoms with Gasteiger partial charge in [0.15, 0.2) is 0 Å². The van der Waals surface area contributed by atoms with Crippen LogP contribution in [0.5, 0.6) is 0 Å². The van der Waals surface area contributed by atoms with Gasteiger partial charge in [-0.25, -0.2) is 8.42 Å². The molecule has 0 unspecified atom stereocenters. The topological polar surface area (TPSA) is 100 Å². The Balaban J connectivity index is 1.57. The van der Waals surface area contributed by atoms with Crippen molar-refractivity contribution in [3.63, 3.8) is 0 Å². The van der Waals surface area contributed by atoms with E-state index in [9.17, 15) is 13.2 Å². The first-order valence-electron chi connectivity index (χ1n) is 9.05. The van der Waals surface area contributed by atoms with Crippen molar-refractivity contribution in [2.24, 2.45) is 0 Å². The molecular formula is C20H21ClN4O3S. The normalized spacial score (nSPS) is 11.2. The van der Waals surface area contributed by atoms with Crippen molar-refractivity contribution >= 4 is 49.8 Å². The van der Waals surface area contributed by atoms with Crippen LogP contribution < -0.4 is 15.4 Å². The molecule has 0 aliphatic carbocycles. The first-order chi connectivity index (χ1) is 13.9. The van der Waals surface area contributed by atoms with Gasteiger partial charge in [0.25, 0.3) is 5.91 Å². The second-order valence-electron chi connectivity index (χ2n) is 6.29. The maximum Gasteiger partial charge on any atom is 0.251 e. The number of hydrogen-bond acceptors (Lipinski definition) is 5. The second kappa shape index (κ2) is 9.11. The lowest BCUT2D eigenvalue weighted by molar-refractivity contribution is 0.0955. The summed E-state index contributed by atoms with van der Waals surface area (Å²) >= 11 is 6.00. The molecule has 3 N–H and O–H groups in total. The molecule has 0 spiro atoms. The van der Waals surface area contributed by atoms with Gasteiger partial charge in [0, 0.05) is 46.6 Å². The molecule has 1 amide bonds. The summed E-state index contributed by atoms with van der Waals surface area (Å²) in [7, 11) is -3.39. The van der Waals surface area contributed by atoms with Crippen LogP contribution in [-0.4, -0.2) is 38.2 Å². The Morgan fingerprint density at radius 3 is 2.72 bits per heavy atom. The van der Waals surface area contributed by atoms with Gasteiger partial charge in [-0.2, -0.15) is 0 Å². The molecule has 0 aliphatic rings. The maximum absolute atomic E-state index is 12.4. The first-order valence-corrected chi connectivity index (χ1v) is 11.1. The number of nitrogens with zero attached hydrogens (tertiary/aromatic N) is 1. The van der Waals surface area contributed by atoms with Crippen LogP contribution in [0.2, 0.25) is 5.02 Å². The largest absolute Gasteiger partial charge is 0.383 e. The lowest BCUT2D eigenvalue weighted by Crippen LogP contribution is -2.28. The number of carbonyl (C=O) groups is 1. The number of nitrogens with one attached hydrogen (secondary N) is 3. The van der Waals surface area contributed by atoms with Crippen molar-refractivity contribution in [2.45, 2.75) is 6.92 Å². The van der Waals surface area contributed by atoms with E-state index in [0.717, 1.165) is 16.6 Å². The molecule has 1 heterocycles. The third-order valence-electron chi connectivity index (χ3n) is 4.21. The van der Waals surface area contributed by atoms with Crippen LogP contribution in [0.3, 0.4) is 0 Å². The SMILES string of the molecule is CCS(=O)(=O)Nc1cccc(C(=O)NCCNc2ccnc3cc(Cl)ccc23)c1. The van der Waals surface area contributed by atoms with Crippen LogP contribution in [0.1, 0.15) is 17.3 Å². The quantitative estimate of drug-likeness (QED) is 0.473. The minimum atomic E-state index is -3.39. The molecule has 152 valence electrons. The zero-order chi connectivity index (χ0) is 20.9. The summed E-state index contributed by atoms with van der Waals surface area (Å²) in [5.74, 6) is -0.318. The third kappa shape index (κ3) is 5.58. The van der Waals surface area contributed by atoms with E-state index in [0.29, 0.717) is 29.4 Å². The molecule has 0 saturated heterocycles. The highest BCUT2D eigenvalue weighted by Gasteiger charge is 2.10. The molecule has 3 aromatic rings.